The normalized spacial score (nSPS) is 12.8. The highest BCUT2D eigenvalue weighted by atomic mass is 28.4. The molecule has 7 heteroatoms. The predicted molar refractivity (Wildman–Crippen MR) is 93.7 cm³/mol. The number of halogens is 3. The molecule has 0 aliphatic rings. The Labute approximate surface area is 147 Å². The van der Waals surface area contributed by atoms with Crippen molar-refractivity contribution >= 4 is 19.9 Å². The van der Waals surface area contributed by atoms with Crippen LogP contribution >= 0.6 is 0 Å². The second-order valence-electron chi connectivity index (χ2n) is 7.56. The number of hydrogen-bond donors (Lipinski definition) is 0. The lowest BCUT2D eigenvalue weighted by Gasteiger charge is -2.37. The number of aryl methyl sites for hydroxylation is 1. The lowest BCUT2D eigenvalue weighted by atomic mass is 10.0. The molecule has 0 radical (unpaired) electrons. The van der Waals surface area contributed by atoms with Crippen molar-refractivity contribution < 1.29 is 27.2 Å². The zero-order valence-corrected chi connectivity index (χ0v) is 16.5. The van der Waals surface area contributed by atoms with Gasteiger partial charge in [-0.25, -0.2) is 0 Å². The van der Waals surface area contributed by atoms with E-state index in [2.05, 4.69) is 33.9 Å². The molecule has 0 unspecified atom stereocenters. The number of rotatable bonds is 6. The van der Waals surface area contributed by atoms with Crippen LogP contribution in [-0.4, -0.2) is 26.1 Å². The zero-order chi connectivity index (χ0) is 19.6. The summed E-state index contributed by atoms with van der Waals surface area (Å²) in [4.78, 5) is 23.0. The van der Waals surface area contributed by atoms with Gasteiger partial charge in [0.25, 0.3) is 0 Å². The summed E-state index contributed by atoms with van der Waals surface area (Å²) in [6, 6.07) is 4.56. The summed E-state index contributed by atoms with van der Waals surface area (Å²) in [5.41, 5.74) is 0.840. The van der Waals surface area contributed by atoms with Crippen molar-refractivity contribution in [1.29, 1.82) is 0 Å². The minimum absolute atomic E-state index is 0.00830. The molecule has 0 fully saturated rings. The van der Waals surface area contributed by atoms with E-state index in [9.17, 15) is 22.8 Å². The number of hydrogen-bond acceptors (Lipinski definition) is 3. The van der Waals surface area contributed by atoms with Gasteiger partial charge in [-0.15, -0.1) is 0 Å². The van der Waals surface area contributed by atoms with Gasteiger partial charge < -0.3 is 4.43 Å². The third-order valence-electron chi connectivity index (χ3n) is 4.57. The summed E-state index contributed by atoms with van der Waals surface area (Å²) in [7, 11) is -2.08. The van der Waals surface area contributed by atoms with E-state index in [0.29, 0.717) is 12.2 Å². The molecule has 0 N–H and O–H groups in total. The smallest absolute Gasteiger partial charge is 0.450 e. The van der Waals surface area contributed by atoms with E-state index < -0.39 is 32.5 Å². The molecule has 0 saturated heterocycles. The molecule has 1 aromatic rings. The fourth-order valence-corrected chi connectivity index (χ4v) is 2.96. The number of benzene rings is 1. The van der Waals surface area contributed by atoms with Gasteiger partial charge in [0.15, 0.2) is 5.78 Å². The predicted octanol–water partition coefficient (Wildman–Crippen LogP) is 5.34. The molecule has 0 amide bonds. The van der Waals surface area contributed by atoms with Crippen molar-refractivity contribution in [2.75, 3.05) is 0 Å². The number of Topliss-reactive ketones (excluding diaryl/α,β-unsaturated/α-hetero) is 2. The highest BCUT2D eigenvalue weighted by Gasteiger charge is 2.40. The molecule has 0 saturated carbocycles. The fourth-order valence-electron chi connectivity index (χ4n) is 1.90. The molecular formula is C18H25F3O3Si. The SMILES string of the molecule is CCc1cc(C(=O)CC(=O)C(F)(F)F)ccc1O[Si](C)(C)C(C)(C)C. The minimum Gasteiger partial charge on any atom is -0.543 e. The molecular weight excluding hydrogens is 349 g/mol. The van der Waals surface area contributed by atoms with E-state index in [1.807, 2.05) is 6.92 Å². The Morgan fingerprint density at radius 1 is 1.12 bits per heavy atom. The standard InChI is InChI=1S/C18H25F3O3Si/c1-7-12-10-13(14(22)11-16(23)18(19,20)21)8-9-15(12)24-25(5,6)17(2,3)4/h8-10H,7,11H2,1-6H3. The van der Waals surface area contributed by atoms with Crippen LogP contribution in [0.5, 0.6) is 5.75 Å². The van der Waals surface area contributed by atoms with Crippen LogP contribution in [-0.2, 0) is 11.2 Å². The highest BCUT2D eigenvalue weighted by Crippen LogP contribution is 2.38. The third-order valence-corrected chi connectivity index (χ3v) is 8.91. The lowest BCUT2D eigenvalue weighted by Crippen LogP contribution is -2.44. The first-order valence-electron chi connectivity index (χ1n) is 8.14. The molecule has 0 aliphatic heterocycles. The Kier molecular flexibility index (Phi) is 6.26. The quantitative estimate of drug-likeness (QED) is 0.384. The maximum Gasteiger partial charge on any atom is 0.450 e. The third kappa shape index (κ3) is 5.42. The Balaban J connectivity index is 3.07. The van der Waals surface area contributed by atoms with Gasteiger partial charge in [0.1, 0.15) is 5.75 Å². The summed E-state index contributed by atoms with van der Waals surface area (Å²) in [5.74, 6) is -2.22. The molecule has 140 valence electrons. The van der Waals surface area contributed by atoms with E-state index in [1.54, 1.807) is 6.07 Å². The molecule has 0 aromatic heterocycles. The number of carbonyl (C=O) groups excluding carboxylic acids is 2. The van der Waals surface area contributed by atoms with Crippen molar-refractivity contribution in [3.63, 3.8) is 0 Å². The first-order chi connectivity index (χ1) is 11.2. The van der Waals surface area contributed by atoms with Gasteiger partial charge >= 0.3 is 6.18 Å². The molecule has 0 spiro atoms. The second kappa shape index (κ2) is 7.31. The number of carbonyl (C=O) groups is 2. The largest absolute Gasteiger partial charge is 0.543 e. The molecule has 1 aromatic carbocycles. The molecule has 3 nitrogen and oxygen atoms in total. The fraction of sp³-hybridized carbons (Fsp3) is 0.556. The molecule has 25 heavy (non-hydrogen) atoms. The number of ketones is 2. The lowest BCUT2D eigenvalue weighted by molar-refractivity contribution is -0.170. The van der Waals surface area contributed by atoms with E-state index >= 15 is 0 Å². The van der Waals surface area contributed by atoms with Gasteiger partial charge in [0, 0.05) is 5.56 Å². The Bertz CT molecular complexity index is 659. The molecule has 0 atom stereocenters. The van der Waals surface area contributed by atoms with Crippen LogP contribution in [0.15, 0.2) is 18.2 Å². The van der Waals surface area contributed by atoms with Crippen LogP contribution in [0.25, 0.3) is 0 Å². The van der Waals surface area contributed by atoms with Crippen molar-refractivity contribution in [3.8, 4) is 5.75 Å². The van der Waals surface area contributed by atoms with Gasteiger partial charge in [-0.05, 0) is 48.3 Å². The molecule has 0 aliphatic carbocycles. The highest BCUT2D eigenvalue weighted by molar-refractivity contribution is 6.74. The first-order valence-corrected chi connectivity index (χ1v) is 11.0. The van der Waals surface area contributed by atoms with Crippen molar-refractivity contribution in [2.24, 2.45) is 0 Å². The Hall–Kier alpha value is -1.63. The van der Waals surface area contributed by atoms with Gasteiger partial charge in [0.05, 0.1) is 6.42 Å². The van der Waals surface area contributed by atoms with E-state index in [0.717, 1.165) is 5.56 Å². The topological polar surface area (TPSA) is 43.4 Å². The van der Waals surface area contributed by atoms with Gasteiger partial charge in [0.2, 0.25) is 14.1 Å². The van der Waals surface area contributed by atoms with Crippen LogP contribution < -0.4 is 4.43 Å². The average molecular weight is 374 g/mol. The van der Waals surface area contributed by atoms with E-state index in [4.69, 9.17) is 4.43 Å². The maximum atomic E-state index is 12.3. The van der Waals surface area contributed by atoms with Gasteiger partial charge in [-0.2, -0.15) is 13.2 Å². The van der Waals surface area contributed by atoms with Gasteiger partial charge in [-0.1, -0.05) is 27.7 Å². The maximum absolute atomic E-state index is 12.3. The molecule has 0 heterocycles. The monoisotopic (exact) mass is 374 g/mol. The first kappa shape index (κ1) is 21.4. The molecule has 1 rings (SSSR count). The summed E-state index contributed by atoms with van der Waals surface area (Å²) in [5, 5.41) is -0.00830. The summed E-state index contributed by atoms with van der Waals surface area (Å²) in [6.45, 7) is 12.4. The van der Waals surface area contributed by atoms with E-state index in [1.165, 1.54) is 12.1 Å². The van der Waals surface area contributed by atoms with Crippen LogP contribution in [0.3, 0.4) is 0 Å². The molecule has 0 bridgehead atoms. The summed E-state index contributed by atoms with van der Waals surface area (Å²) >= 11 is 0. The zero-order valence-electron chi connectivity index (χ0n) is 15.5. The van der Waals surface area contributed by atoms with E-state index in [-0.39, 0.29) is 10.6 Å². The van der Waals surface area contributed by atoms with Crippen LogP contribution in [0.4, 0.5) is 13.2 Å². The van der Waals surface area contributed by atoms with Crippen molar-refractivity contribution in [2.45, 2.75) is 64.8 Å². The second-order valence-corrected chi connectivity index (χ2v) is 12.3. The van der Waals surface area contributed by atoms with Crippen molar-refractivity contribution in [1.82, 2.24) is 0 Å². The summed E-state index contributed by atoms with van der Waals surface area (Å²) in [6.07, 6.45) is -5.60. The Morgan fingerprint density at radius 3 is 2.12 bits per heavy atom. The minimum atomic E-state index is -4.99. The average Bonchev–Trinajstić information content (AvgIpc) is 2.44. The van der Waals surface area contributed by atoms with Crippen LogP contribution in [0.2, 0.25) is 18.1 Å². The number of alkyl halides is 3. The Morgan fingerprint density at radius 2 is 1.68 bits per heavy atom. The van der Waals surface area contributed by atoms with Gasteiger partial charge in [-0.3, -0.25) is 9.59 Å². The summed E-state index contributed by atoms with van der Waals surface area (Å²) < 4.78 is 43.2. The van der Waals surface area contributed by atoms with Crippen LogP contribution in [0.1, 0.15) is 50.0 Å². The van der Waals surface area contributed by atoms with Crippen molar-refractivity contribution in [3.05, 3.63) is 29.3 Å². The van der Waals surface area contributed by atoms with Crippen LogP contribution in [0, 0.1) is 0 Å².